The predicted molar refractivity (Wildman–Crippen MR) is 87.3 cm³/mol. The minimum Gasteiger partial charge on any atom is -0.300 e. The highest BCUT2D eigenvalue weighted by Crippen LogP contribution is 2.42. The van der Waals surface area contributed by atoms with Crippen LogP contribution in [0.3, 0.4) is 0 Å². The number of rotatable bonds is 3. The van der Waals surface area contributed by atoms with Crippen molar-refractivity contribution >= 4 is 23.3 Å². The summed E-state index contributed by atoms with van der Waals surface area (Å²) in [5.74, 6) is 1.45. The molecular weight excluding hydrogens is 296 g/mol. The van der Waals surface area contributed by atoms with Crippen LogP contribution in [0.4, 0.5) is 0 Å². The van der Waals surface area contributed by atoms with Crippen LogP contribution in [0.2, 0.25) is 0 Å². The third kappa shape index (κ3) is 1.92. The van der Waals surface area contributed by atoms with Crippen molar-refractivity contribution in [2.45, 2.75) is 39.2 Å². The van der Waals surface area contributed by atoms with Crippen molar-refractivity contribution in [1.82, 2.24) is 29.5 Å². The summed E-state index contributed by atoms with van der Waals surface area (Å²) in [6.45, 7) is 4.87. The Labute approximate surface area is 133 Å². The molecule has 0 bridgehead atoms. The van der Waals surface area contributed by atoms with E-state index in [0.717, 1.165) is 40.4 Å². The molecule has 0 aromatic carbocycles. The number of aromatic amines is 1. The molecule has 1 N–H and O–H groups in total. The predicted octanol–water partition coefficient (Wildman–Crippen LogP) is 3.10. The monoisotopic (exact) mass is 314 g/mol. The van der Waals surface area contributed by atoms with Gasteiger partial charge in [0.25, 0.3) is 0 Å². The third-order valence-electron chi connectivity index (χ3n) is 4.30. The Hall–Kier alpha value is -2.02. The fourth-order valence-corrected chi connectivity index (χ4v) is 3.31. The molecule has 1 fully saturated rings. The van der Waals surface area contributed by atoms with E-state index < -0.39 is 0 Å². The molecule has 1 saturated carbocycles. The highest BCUT2D eigenvalue weighted by Gasteiger charge is 2.28. The van der Waals surface area contributed by atoms with Crippen LogP contribution in [0, 0.1) is 11.7 Å². The van der Waals surface area contributed by atoms with E-state index in [1.54, 1.807) is 0 Å². The minimum atomic E-state index is 0.579. The largest absolute Gasteiger partial charge is 0.300 e. The lowest BCUT2D eigenvalue weighted by Crippen LogP contribution is -2.01. The number of aryl methyl sites for hydroxylation is 2. The van der Waals surface area contributed by atoms with Crippen LogP contribution < -0.4 is 0 Å². The zero-order valence-corrected chi connectivity index (χ0v) is 13.7. The van der Waals surface area contributed by atoms with Gasteiger partial charge in [-0.15, -0.1) is 0 Å². The van der Waals surface area contributed by atoms with Crippen molar-refractivity contribution in [2.24, 2.45) is 7.05 Å². The molecule has 0 unspecified atom stereocenters. The number of hydrogen-bond acceptors (Lipinski definition) is 4. The summed E-state index contributed by atoms with van der Waals surface area (Å²) in [6, 6.07) is 2.17. The van der Waals surface area contributed by atoms with E-state index in [0.29, 0.717) is 10.7 Å². The number of fused-ring (bicyclic) bond motifs is 1. The maximum atomic E-state index is 5.34. The molecular formula is C15H18N6S. The average Bonchev–Trinajstić information content (AvgIpc) is 3.23. The van der Waals surface area contributed by atoms with Gasteiger partial charge in [0, 0.05) is 30.8 Å². The molecule has 0 amide bonds. The van der Waals surface area contributed by atoms with Crippen LogP contribution in [-0.2, 0) is 13.6 Å². The number of nitrogens with zero attached hydrogens (tertiary/aromatic N) is 5. The SMILES string of the molecule is CCn1c(-c2cc(C3CC3)nc3c2c(C)nn3C)n[nH]c1=S. The van der Waals surface area contributed by atoms with Crippen molar-refractivity contribution in [3.63, 3.8) is 0 Å². The third-order valence-corrected chi connectivity index (χ3v) is 4.61. The zero-order chi connectivity index (χ0) is 15.4. The maximum absolute atomic E-state index is 5.34. The second-order valence-electron chi connectivity index (χ2n) is 5.87. The maximum Gasteiger partial charge on any atom is 0.195 e. The molecule has 22 heavy (non-hydrogen) atoms. The van der Waals surface area contributed by atoms with Crippen LogP contribution in [0.1, 0.15) is 37.1 Å². The standard InChI is InChI=1S/C15H18N6S/c1-4-21-13(17-18-15(21)22)10-7-11(9-5-6-9)16-14-12(10)8(2)19-20(14)3/h7,9H,4-6H2,1-3H3,(H,18,22). The van der Waals surface area contributed by atoms with Crippen LogP contribution >= 0.6 is 12.2 Å². The van der Waals surface area contributed by atoms with E-state index in [9.17, 15) is 0 Å². The minimum absolute atomic E-state index is 0.579. The van der Waals surface area contributed by atoms with Gasteiger partial charge in [0.05, 0.1) is 11.1 Å². The second-order valence-corrected chi connectivity index (χ2v) is 6.26. The molecule has 0 atom stereocenters. The lowest BCUT2D eigenvalue weighted by Gasteiger charge is -2.08. The Balaban J connectivity index is 2.08. The average molecular weight is 314 g/mol. The number of H-pyrrole nitrogens is 1. The molecule has 0 spiro atoms. The number of pyridine rings is 1. The van der Waals surface area contributed by atoms with E-state index in [2.05, 4.69) is 28.3 Å². The zero-order valence-electron chi connectivity index (χ0n) is 12.9. The summed E-state index contributed by atoms with van der Waals surface area (Å²) < 4.78 is 4.53. The van der Waals surface area contributed by atoms with Gasteiger partial charge in [-0.05, 0) is 45.0 Å². The number of aromatic nitrogens is 6. The fourth-order valence-electron chi connectivity index (χ4n) is 3.05. The number of nitrogens with one attached hydrogen (secondary N) is 1. The molecule has 1 aliphatic rings. The molecule has 0 aliphatic heterocycles. The van der Waals surface area contributed by atoms with E-state index >= 15 is 0 Å². The lowest BCUT2D eigenvalue weighted by atomic mass is 10.1. The molecule has 3 aromatic heterocycles. The first kappa shape index (κ1) is 13.6. The van der Waals surface area contributed by atoms with Crippen molar-refractivity contribution in [1.29, 1.82) is 0 Å². The van der Waals surface area contributed by atoms with Crippen molar-refractivity contribution in [3.8, 4) is 11.4 Å². The van der Waals surface area contributed by atoms with Gasteiger partial charge in [0.2, 0.25) is 0 Å². The molecule has 7 heteroatoms. The van der Waals surface area contributed by atoms with E-state index in [1.807, 2.05) is 23.2 Å². The molecule has 4 rings (SSSR count). The van der Waals surface area contributed by atoms with Crippen molar-refractivity contribution in [3.05, 3.63) is 22.2 Å². The highest BCUT2D eigenvalue weighted by atomic mass is 32.1. The summed E-state index contributed by atoms with van der Waals surface area (Å²) >= 11 is 5.34. The lowest BCUT2D eigenvalue weighted by molar-refractivity contribution is 0.755. The van der Waals surface area contributed by atoms with Crippen molar-refractivity contribution in [2.75, 3.05) is 0 Å². The van der Waals surface area contributed by atoms with Gasteiger partial charge in [-0.2, -0.15) is 10.2 Å². The van der Waals surface area contributed by atoms with Gasteiger partial charge in [-0.1, -0.05) is 0 Å². The first-order valence-electron chi connectivity index (χ1n) is 7.60. The molecule has 1 aliphatic carbocycles. The fraction of sp³-hybridized carbons (Fsp3) is 0.467. The smallest absolute Gasteiger partial charge is 0.195 e. The van der Waals surface area contributed by atoms with E-state index in [-0.39, 0.29) is 0 Å². The summed E-state index contributed by atoms with van der Waals surface area (Å²) in [6.07, 6.45) is 2.44. The molecule has 6 nitrogen and oxygen atoms in total. The first-order chi connectivity index (χ1) is 10.6. The van der Waals surface area contributed by atoms with Crippen LogP contribution in [-0.4, -0.2) is 29.5 Å². The van der Waals surface area contributed by atoms with Crippen LogP contribution in [0.25, 0.3) is 22.4 Å². The van der Waals surface area contributed by atoms with Gasteiger partial charge in [0.1, 0.15) is 0 Å². The number of hydrogen-bond donors (Lipinski definition) is 1. The quantitative estimate of drug-likeness (QED) is 0.755. The van der Waals surface area contributed by atoms with E-state index in [4.69, 9.17) is 17.2 Å². The first-order valence-corrected chi connectivity index (χ1v) is 8.00. The van der Waals surface area contributed by atoms with Gasteiger partial charge in [-0.25, -0.2) is 4.98 Å². The van der Waals surface area contributed by atoms with E-state index in [1.165, 1.54) is 12.8 Å². The summed E-state index contributed by atoms with van der Waals surface area (Å²) in [5, 5.41) is 13.0. The summed E-state index contributed by atoms with van der Waals surface area (Å²) in [5.41, 5.74) is 4.11. The highest BCUT2D eigenvalue weighted by molar-refractivity contribution is 7.71. The molecule has 0 saturated heterocycles. The summed E-state index contributed by atoms with van der Waals surface area (Å²) in [7, 11) is 1.94. The molecule has 0 radical (unpaired) electrons. The second kappa shape index (κ2) is 4.74. The van der Waals surface area contributed by atoms with Gasteiger partial charge in [0.15, 0.2) is 16.2 Å². The molecule has 3 heterocycles. The van der Waals surface area contributed by atoms with Gasteiger partial charge >= 0.3 is 0 Å². The van der Waals surface area contributed by atoms with Crippen LogP contribution in [0.15, 0.2) is 6.07 Å². The van der Waals surface area contributed by atoms with Gasteiger partial charge in [-0.3, -0.25) is 9.78 Å². The Morgan fingerprint density at radius 3 is 2.86 bits per heavy atom. The summed E-state index contributed by atoms with van der Waals surface area (Å²) in [4.78, 5) is 4.83. The Morgan fingerprint density at radius 1 is 1.41 bits per heavy atom. The molecule has 3 aromatic rings. The van der Waals surface area contributed by atoms with Gasteiger partial charge < -0.3 is 4.57 Å². The normalized spacial score (nSPS) is 14.9. The molecule has 114 valence electrons. The topological polar surface area (TPSA) is 64.3 Å². The van der Waals surface area contributed by atoms with Crippen molar-refractivity contribution < 1.29 is 0 Å². The Bertz CT molecular complexity index is 928. The Morgan fingerprint density at radius 2 is 2.18 bits per heavy atom. The Kier molecular flexibility index (Phi) is 2.94. The van der Waals surface area contributed by atoms with Crippen LogP contribution in [0.5, 0.6) is 0 Å².